The van der Waals surface area contributed by atoms with Gasteiger partial charge in [0, 0.05) is 5.69 Å². The van der Waals surface area contributed by atoms with Crippen molar-refractivity contribution in [3.63, 3.8) is 0 Å². The fraction of sp³-hybridized carbons (Fsp3) is 0.250. The third-order valence-corrected chi connectivity index (χ3v) is 1.78. The van der Waals surface area contributed by atoms with Crippen LogP contribution in [-0.2, 0) is 11.5 Å². The second-order valence-electron chi connectivity index (χ2n) is 2.56. The predicted molar refractivity (Wildman–Crippen MR) is 51.4 cm³/mol. The van der Waals surface area contributed by atoms with Gasteiger partial charge in [0.2, 0.25) is 17.8 Å². The zero-order valence-corrected chi connectivity index (χ0v) is 7.91. The van der Waals surface area contributed by atoms with E-state index in [1.807, 2.05) is 31.2 Å². The van der Waals surface area contributed by atoms with E-state index in [1.54, 1.807) is 0 Å². The minimum absolute atomic E-state index is 0.00538. The van der Waals surface area contributed by atoms with Gasteiger partial charge in [-0.2, -0.15) is 4.21 Å². The highest BCUT2D eigenvalue weighted by Gasteiger charge is 1.98. The van der Waals surface area contributed by atoms with E-state index >= 15 is 0 Å². The van der Waals surface area contributed by atoms with E-state index in [9.17, 15) is 4.21 Å². The van der Waals surface area contributed by atoms with Crippen LogP contribution in [0, 0.1) is 6.92 Å². The summed E-state index contributed by atoms with van der Waals surface area (Å²) in [4.78, 5) is 0. The molecule has 0 amide bonds. The molecule has 1 aromatic carbocycles. The zero-order valence-electron chi connectivity index (χ0n) is 7.10. The van der Waals surface area contributed by atoms with Gasteiger partial charge in [0.1, 0.15) is 0 Å². The third kappa shape index (κ3) is 3.35. The van der Waals surface area contributed by atoms with E-state index in [2.05, 4.69) is 9.68 Å². The van der Waals surface area contributed by atoms with Gasteiger partial charge in [-0.3, -0.25) is 0 Å². The molecule has 70 valence electrons. The van der Waals surface area contributed by atoms with Crippen LogP contribution in [0.1, 0.15) is 5.56 Å². The summed E-state index contributed by atoms with van der Waals surface area (Å²) in [5.74, 6) is 0. The molecule has 0 radical (unpaired) electrons. The normalized spacial score (nSPS) is 11.8. The van der Waals surface area contributed by atoms with Crippen molar-refractivity contribution in [3.05, 3.63) is 29.8 Å². The highest BCUT2D eigenvalue weighted by Crippen LogP contribution is 2.09. The molecule has 2 N–H and O–H groups in total. The van der Waals surface area contributed by atoms with Gasteiger partial charge in [-0.1, -0.05) is 17.7 Å². The fourth-order valence-corrected chi connectivity index (χ4v) is 1.00. The Kier molecular flexibility index (Phi) is 3.60. The van der Waals surface area contributed by atoms with E-state index in [0.29, 0.717) is 0 Å². The lowest BCUT2D eigenvalue weighted by Gasteiger charge is -2.07. The number of aliphatic hydroxyl groups is 1. The van der Waals surface area contributed by atoms with Gasteiger partial charge in [0.15, 0.2) is 0 Å². The molecule has 1 aromatic rings. The number of hydrogen-bond acceptors (Lipinski definition) is 4. The Hall–Kier alpha value is -1.20. The molecule has 0 heterocycles. The molecule has 13 heavy (non-hydrogen) atoms. The van der Waals surface area contributed by atoms with Gasteiger partial charge in [-0.15, -0.1) is 4.36 Å². The smallest absolute Gasteiger partial charge is 0.237 e. The number of nitrogens with one attached hydrogen (secondary N) is 1. The monoisotopic (exact) mass is 198 g/mol. The molecule has 0 saturated carbocycles. The van der Waals surface area contributed by atoms with Gasteiger partial charge in [0.05, 0.1) is 0 Å². The molecule has 1 rings (SSSR count). The summed E-state index contributed by atoms with van der Waals surface area (Å²) in [7, 11) is 0. The number of aliphatic hydroxyl groups excluding tert-OH is 1. The Labute approximate surface area is 79.8 Å². The number of aryl methyl sites for hydroxylation is 1. The summed E-state index contributed by atoms with van der Waals surface area (Å²) in [6.07, 6.45) is -1.15. The van der Waals surface area contributed by atoms with Gasteiger partial charge < -0.3 is 10.4 Å². The number of anilines is 1. The van der Waals surface area contributed by atoms with Crippen LogP contribution in [0.25, 0.3) is 0 Å². The van der Waals surface area contributed by atoms with Crippen molar-refractivity contribution < 1.29 is 9.32 Å². The van der Waals surface area contributed by atoms with Crippen molar-refractivity contribution in [1.82, 2.24) is 0 Å². The average molecular weight is 198 g/mol. The Morgan fingerprint density at radius 1 is 1.46 bits per heavy atom. The SMILES string of the molecule is Cc1ccc(NC(O)N=S=O)cc1. The molecule has 1 atom stereocenters. The summed E-state index contributed by atoms with van der Waals surface area (Å²) in [5, 5.41) is 11.7. The first-order valence-electron chi connectivity index (χ1n) is 3.73. The summed E-state index contributed by atoms with van der Waals surface area (Å²) in [6, 6.07) is 7.42. The van der Waals surface area contributed by atoms with Crippen LogP contribution < -0.4 is 5.32 Å². The second-order valence-corrected chi connectivity index (χ2v) is 2.92. The summed E-state index contributed by atoms with van der Waals surface area (Å²) < 4.78 is 13.2. The van der Waals surface area contributed by atoms with Crippen molar-refractivity contribution in [2.24, 2.45) is 4.36 Å². The van der Waals surface area contributed by atoms with Crippen LogP contribution in [-0.4, -0.2) is 15.7 Å². The van der Waals surface area contributed by atoms with E-state index in [-0.39, 0.29) is 11.5 Å². The number of hydrogen-bond donors (Lipinski definition) is 2. The molecule has 1 unspecified atom stereocenters. The minimum Gasteiger partial charge on any atom is -0.354 e. The molecule has 5 heteroatoms. The lowest BCUT2D eigenvalue weighted by Crippen LogP contribution is -2.14. The second kappa shape index (κ2) is 4.74. The largest absolute Gasteiger partial charge is 0.354 e. The zero-order chi connectivity index (χ0) is 9.68. The van der Waals surface area contributed by atoms with Crippen LogP contribution in [0.5, 0.6) is 0 Å². The van der Waals surface area contributed by atoms with E-state index in [1.165, 1.54) is 0 Å². The first kappa shape index (κ1) is 9.88. The maximum atomic E-state index is 9.93. The van der Waals surface area contributed by atoms with Gasteiger partial charge in [-0.25, -0.2) is 0 Å². The van der Waals surface area contributed by atoms with Crippen molar-refractivity contribution >= 4 is 17.2 Å². The topological polar surface area (TPSA) is 61.7 Å². The molecule has 4 nitrogen and oxygen atoms in total. The van der Waals surface area contributed by atoms with E-state index < -0.39 is 6.35 Å². The predicted octanol–water partition coefficient (Wildman–Crippen LogP) is 1.08. The molecule has 0 aliphatic carbocycles. The third-order valence-electron chi connectivity index (χ3n) is 1.49. The quantitative estimate of drug-likeness (QED) is 0.714. The number of nitrogens with zero attached hydrogens (tertiary/aromatic N) is 1. The van der Waals surface area contributed by atoms with E-state index in [0.717, 1.165) is 11.3 Å². The van der Waals surface area contributed by atoms with Crippen molar-refractivity contribution in [2.75, 3.05) is 5.32 Å². The first-order chi connectivity index (χ1) is 6.22. The maximum Gasteiger partial charge on any atom is 0.237 e. The maximum absolute atomic E-state index is 9.93. The van der Waals surface area contributed by atoms with Gasteiger partial charge >= 0.3 is 0 Å². The van der Waals surface area contributed by atoms with Crippen molar-refractivity contribution in [1.29, 1.82) is 0 Å². The van der Waals surface area contributed by atoms with Crippen LogP contribution in [0.4, 0.5) is 5.69 Å². The Balaban J connectivity index is 2.64. The Morgan fingerprint density at radius 2 is 2.08 bits per heavy atom. The molecule has 0 saturated heterocycles. The van der Waals surface area contributed by atoms with Crippen molar-refractivity contribution in [2.45, 2.75) is 13.3 Å². The van der Waals surface area contributed by atoms with Crippen LogP contribution >= 0.6 is 0 Å². The number of benzene rings is 1. The summed E-state index contributed by atoms with van der Waals surface area (Å²) in [5.41, 5.74) is 1.87. The first-order valence-corrected chi connectivity index (χ1v) is 4.42. The molecule has 0 bridgehead atoms. The Morgan fingerprint density at radius 3 is 2.62 bits per heavy atom. The molecule has 0 aromatic heterocycles. The molecular weight excluding hydrogens is 188 g/mol. The molecule has 0 spiro atoms. The highest BCUT2D eigenvalue weighted by molar-refractivity contribution is 7.54. The summed E-state index contributed by atoms with van der Waals surface area (Å²) >= 11 is -0.00538. The number of rotatable bonds is 3. The van der Waals surface area contributed by atoms with Crippen LogP contribution in [0.15, 0.2) is 28.6 Å². The van der Waals surface area contributed by atoms with E-state index in [4.69, 9.17) is 5.11 Å². The average Bonchev–Trinajstić information content (AvgIpc) is 2.09. The van der Waals surface area contributed by atoms with Crippen molar-refractivity contribution in [3.8, 4) is 0 Å². The van der Waals surface area contributed by atoms with Crippen LogP contribution in [0.2, 0.25) is 0 Å². The van der Waals surface area contributed by atoms with Crippen LogP contribution in [0.3, 0.4) is 0 Å². The molecular formula is C8H10N2O2S. The fourth-order valence-electron chi connectivity index (χ4n) is 0.866. The Bertz CT molecular complexity index is 319. The van der Waals surface area contributed by atoms with Gasteiger partial charge in [0.25, 0.3) is 0 Å². The molecule has 0 aliphatic heterocycles. The minimum atomic E-state index is -1.15. The molecule has 0 aliphatic rings. The van der Waals surface area contributed by atoms with Gasteiger partial charge in [-0.05, 0) is 19.1 Å². The highest BCUT2D eigenvalue weighted by atomic mass is 32.1. The molecule has 0 fully saturated rings. The standard InChI is InChI=1S/C8H10N2O2S/c1-6-2-4-7(5-3-6)9-8(11)10-13-12/h2-5,8-9,11H,1H3. The lowest BCUT2D eigenvalue weighted by atomic mass is 10.2. The summed E-state index contributed by atoms with van der Waals surface area (Å²) in [6.45, 7) is 1.97. The lowest BCUT2D eigenvalue weighted by molar-refractivity contribution is 0.217.